The SMILES string of the molecule is C[C@@]12C=CC=C[C@@H]3C=C[C@H]1NC(=O)[C@@H]32. The summed E-state index contributed by atoms with van der Waals surface area (Å²) in [5.74, 6) is 0.560. The molecule has 1 amide bonds. The van der Waals surface area contributed by atoms with Crippen LogP contribution in [0.5, 0.6) is 0 Å². The van der Waals surface area contributed by atoms with Gasteiger partial charge in [-0.1, -0.05) is 43.4 Å². The summed E-state index contributed by atoms with van der Waals surface area (Å²) in [5, 5.41) is 3.04. The first kappa shape index (κ1) is 8.04. The average Bonchev–Trinajstić information content (AvgIpc) is 2.31. The minimum absolute atomic E-state index is 0.0278. The Kier molecular flexibility index (Phi) is 1.37. The van der Waals surface area contributed by atoms with E-state index in [0.717, 1.165) is 0 Å². The van der Waals surface area contributed by atoms with Crippen molar-refractivity contribution in [3.05, 3.63) is 36.5 Å². The summed E-state index contributed by atoms with van der Waals surface area (Å²) < 4.78 is 0. The van der Waals surface area contributed by atoms with Crippen molar-refractivity contribution in [2.75, 3.05) is 0 Å². The molecule has 72 valence electrons. The van der Waals surface area contributed by atoms with Gasteiger partial charge in [0.25, 0.3) is 0 Å². The summed E-state index contributed by atoms with van der Waals surface area (Å²) in [7, 11) is 0. The van der Waals surface area contributed by atoms with Crippen LogP contribution in [0, 0.1) is 17.3 Å². The fourth-order valence-electron chi connectivity index (χ4n) is 2.91. The van der Waals surface area contributed by atoms with E-state index in [-0.39, 0.29) is 29.2 Å². The molecule has 1 fully saturated rings. The molecule has 14 heavy (non-hydrogen) atoms. The topological polar surface area (TPSA) is 29.1 Å². The van der Waals surface area contributed by atoms with Crippen molar-refractivity contribution in [3.63, 3.8) is 0 Å². The van der Waals surface area contributed by atoms with Gasteiger partial charge in [-0.2, -0.15) is 0 Å². The van der Waals surface area contributed by atoms with Crippen LogP contribution >= 0.6 is 0 Å². The second-order valence-electron chi connectivity index (χ2n) is 4.54. The summed E-state index contributed by atoms with van der Waals surface area (Å²) in [4.78, 5) is 11.8. The largest absolute Gasteiger partial charge is 0.349 e. The molecule has 3 rings (SSSR count). The monoisotopic (exact) mass is 187 g/mol. The lowest BCUT2D eigenvalue weighted by molar-refractivity contribution is -0.124. The van der Waals surface area contributed by atoms with Gasteiger partial charge in [0.05, 0.1) is 12.0 Å². The van der Waals surface area contributed by atoms with Gasteiger partial charge in [-0.25, -0.2) is 0 Å². The molecule has 4 bridgehead atoms. The smallest absolute Gasteiger partial charge is 0.225 e. The molecule has 2 aliphatic carbocycles. The molecule has 0 aromatic carbocycles. The van der Waals surface area contributed by atoms with E-state index in [1.807, 2.05) is 6.08 Å². The van der Waals surface area contributed by atoms with Crippen LogP contribution in [0.1, 0.15) is 6.92 Å². The molecule has 2 heteroatoms. The number of hydrogen-bond acceptors (Lipinski definition) is 1. The summed E-state index contributed by atoms with van der Waals surface area (Å²) >= 11 is 0. The van der Waals surface area contributed by atoms with Crippen LogP contribution in [0.2, 0.25) is 0 Å². The van der Waals surface area contributed by atoms with Gasteiger partial charge >= 0.3 is 0 Å². The van der Waals surface area contributed by atoms with Crippen LogP contribution in [0.3, 0.4) is 0 Å². The highest BCUT2D eigenvalue weighted by Crippen LogP contribution is 2.48. The van der Waals surface area contributed by atoms with Crippen molar-refractivity contribution in [1.29, 1.82) is 0 Å². The molecule has 4 atom stereocenters. The number of allylic oxidation sites excluding steroid dienone is 4. The van der Waals surface area contributed by atoms with Crippen LogP contribution in [-0.4, -0.2) is 11.9 Å². The van der Waals surface area contributed by atoms with E-state index in [4.69, 9.17) is 0 Å². The van der Waals surface area contributed by atoms with Crippen LogP contribution in [0.4, 0.5) is 0 Å². The summed E-state index contributed by atoms with van der Waals surface area (Å²) in [6.45, 7) is 2.17. The van der Waals surface area contributed by atoms with Crippen molar-refractivity contribution in [1.82, 2.24) is 5.32 Å². The minimum atomic E-state index is -0.0278. The van der Waals surface area contributed by atoms with Gasteiger partial charge < -0.3 is 5.32 Å². The van der Waals surface area contributed by atoms with Gasteiger partial charge in [0.1, 0.15) is 0 Å². The second-order valence-corrected chi connectivity index (χ2v) is 4.54. The molecule has 0 spiro atoms. The highest BCUT2D eigenvalue weighted by atomic mass is 16.2. The first-order valence-electron chi connectivity index (χ1n) is 5.06. The summed E-state index contributed by atoms with van der Waals surface area (Å²) in [5.41, 5.74) is -0.0278. The van der Waals surface area contributed by atoms with Gasteiger partial charge in [0, 0.05) is 11.3 Å². The molecule has 2 nitrogen and oxygen atoms in total. The normalized spacial score (nSPS) is 47.8. The number of amides is 1. The van der Waals surface area contributed by atoms with Gasteiger partial charge in [-0.05, 0) is 0 Å². The highest BCUT2D eigenvalue weighted by molar-refractivity contribution is 5.85. The zero-order valence-corrected chi connectivity index (χ0v) is 8.10. The number of rotatable bonds is 0. The quantitative estimate of drug-likeness (QED) is 0.571. The van der Waals surface area contributed by atoms with Crippen LogP contribution in [0.15, 0.2) is 36.5 Å². The third-order valence-electron chi connectivity index (χ3n) is 3.73. The number of hydrogen-bond donors (Lipinski definition) is 1. The van der Waals surface area contributed by atoms with Crippen molar-refractivity contribution in [3.8, 4) is 0 Å². The number of nitrogens with one attached hydrogen (secondary N) is 1. The van der Waals surface area contributed by atoms with E-state index in [0.29, 0.717) is 0 Å². The summed E-state index contributed by atoms with van der Waals surface area (Å²) in [6, 6.07) is 0.187. The lowest BCUT2D eigenvalue weighted by Crippen LogP contribution is -2.38. The Balaban J connectivity index is 2.21. The fraction of sp³-hybridized carbons (Fsp3) is 0.417. The van der Waals surface area contributed by atoms with Crippen LogP contribution < -0.4 is 5.32 Å². The Morgan fingerprint density at radius 2 is 2.14 bits per heavy atom. The molecular formula is C12H13NO. The molecule has 1 N–H and O–H groups in total. The van der Waals surface area contributed by atoms with Crippen molar-refractivity contribution in [2.24, 2.45) is 17.3 Å². The van der Waals surface area contributed by atoms with E-state index >= 15 is 0 Å². The van der Waals surface area contributed by atoms with Crippen molar-refractivity contribution in [2.45, 2.75) is 13.0 Å². The summed E-state index contributed by atoms with van der Waals surface area (Å²) in [6.07, 6.45) is 12.7. The average molecular weight is 187 g/mol. The van der Waals surface area contributed by atoms with Gasteiger partial charge in [0.15, 0.2) is 0 Å². The molecular weight excluding hydrogens is 174 g/mol. The Labute approximate surface area is 83.4 Å². The van der Waals surface area contributed by atoms with E-state index in [1.54, 1.807) is 0 Å². The molecule has 1 saturated heterocycles. The Morgan fingerprint density at radius 1 is 1.29 bits per heavy atom. The van der Waals surface area contributed by atoms with E-state index in [1.165, 1.54) is 0 Å². The first-order valence-corrected chi connectivity index (χ1v) is 5.06. The first-order chi connectivity index (χ1) is 6.72. The predicted molar refractivity (Wildman–Crippen MR) is 54.4 cm³/mol. The lowest BCUT2D eigenvalue weighted by Gasteiger charge is -2.35. The van der Waals surface area contributed by atoms with Crippen LogP contribution in [0.25, 0.3) is 0 Å². The van der Waals surface area contributed by atoms with Gasteiger partial charge in [-0.15, -0.1) is 0 Å². The minimum Gasteiger partial charge on any atom is -0.349 e. The molecule has 0 aromatic rings. The fourth-order valence-corrected chi connectivity index (χ4v) is 2.91. The maximum atomic E-state index is 11.8. The lowest BCUT2D eigenvalue weighted by atomic mass is 9.66. The predicted octanol–water partition coefficient (Wildman–Crippen LogP) is 1.42. The van der Waals surface area contributed by atoms with Crippen molar-refractivity contribution >= 4 is 5.91 Å². The Hall–Kier alpha value is -1.31. The highest BCUT2D eigenvalue weighted by Gasteiger charge is 2.53. The van der Waals surface area contributed by atoms with E-state index in [2.05, 4.69) is 42.6 Å². The Morgan fingerprint density at radius 3 is 3.00 bits per heavy atom. The maximum Gasteiger partial charge on any atom is 0.225 e. The molecule has 0 radical (unpaired) electrons. The standard InChI is InChI=1S/C12H13NO/c1-12-7-3-2-4-8-5-6-9(12)13-11(14)10(8)12/h2-10H,1H3,(H,13,14)/t8-,9-,10-,12-/m1/s1. The van der Waals surface area contributed by atoms with Gasteiger partial charge in [-0.3, -0.25) is 4.79 Å². The number of carbonyl (C=O) groups is 1. The molecule has 1 aliphatic heterocycles. The van der Waals surface area contributed by atoms with Crippen LogP contribution in [-0.2, 0) is 4.79 Å². The van der Waals surface area contributed by atoms with Crippen molar-refractivity contribution < 1.29 is 4.79 Å². The third kappa shape index (κ3) is 0.788. The maximum absolute atomic E-state index is 11.8. The molecule has 0 unspecified atom stereocenters. The molecule has 1 heterocycles. The zero-order chi connectivity index (χ0) is 9.76. The number of carbonyl (C=O) groups excluding carboxylic acids is 1. The molecule has 0 saturated carbocycles. The second kappa shape index (κ2) is 2.38. The zero-order valence-electron chi connectivity index (χ0n) is 8.10. The third-order valence-corrected chi connectivity index (χ3v) is 3.73. The molecule has 3 aliphatic rings. The molecule has 0 aromatic heterocycles. The van der Waals surface area contributed by atoms with Gasteiger partial charge in [0.2, 0.25) is 5.91 Å². The van der Waals surface area contributed by atoms with E-state index < -0.39 is 0 Å². The Bertz CT molecular complexity index is 380. The van der Waals surface area contributed by atoms with E-state index in [9.17, 15) is 4.79 Å².